The maximum atomic E-state index is 12.9. The van der Waals surface area contributed by atoms with E-state index in [1.165, 1.54) is 6.07 Å². The molecule has 1 atom stereocenters. The second-order valence-corrected chi connectivity index (χ2v) is 7.71. The lowest BCUT2D eigenvalue weighted by Crippen LogP contribution is -2.32. The van der Waals surface area contributed by atoms with Gasteiger partial charge in [-0.2, -0.15) is 13.5 Å². The Hall–Kier alpha value is -1.90. The zero-order chi connectivity index (χ0) is 21.3. The van der Waals surface area contributed by atoms with Crippen molar-refractivity contribution in [3.63, 3.8) is 0 Å². The van der Waals surface area contributed by atoms with E-state index < -0.39 is 17.9 Å². The monoisotopic (exact) mass is 488 g/mol. The molecule has 2 aromatic carbocycles. The normalized spacial score (nSPS) is 11.8. The predicted octanol–water partition coefficient (Wildman–Crippen LogP) is 4.34. The van der Waals surface area contributed by atoms with E-state index in [4.69, 9.17) is 39.9 Å². The summed E-state index contributed by atoms with van der Waals surface area (Å²) >= 11 is 18.5. The lowest BCUT2D eigenvalue weighted by Gasteiger charge is -2.19. The fraction of sp³-hybridized carbons (Fsp3) is 0.200. The number of fused-ring (bicyclic) bond motifs is 1. The molecule has 0 aliphatic carbocycles. The molecule has 10 heteroatoms. The van der Waals surface area contributed by atoms with Crippen LogP contribution in [0.3, 0.4) is 0 Å². The van der Waals surface area contributed by atoms with Gasteiger partial charge < -0.3 is 20.1 Å². The van der Waals surface area contributed by atoms with Gasteiger partial charge in [0.15, 0.2) is 0 Å². The number of carboxylic acids is 1. The molecular formula is C20H19Cl3N2O4S. The van der Waals surface area contributed by atoms with Crippen LogP contribution < -0.4 is 5.32 Å². The van der Waals surface area contributed by atoms with Gasteiger partial charge in [-0.3, -0.25) is 9.59 Å². The molecule has 3 rings (SSSR count). The molecule has 3 aromatic rings. The van der Waals surface area contributed by atoms with Crippen LogP contribution in [-0.2, 0) is 18.3 Å². The van der Waals surface area contributed by atoms with Crippen molar-refractivity contribution >= 4 is 71.1 Å². The molecule has 6 nitrogen and oxygen atoms in total. The number of halogens is 3. The zero-order valence-electron chi connectivity index (χ0n) is 15.7. The summed E-state index contributed by atoms with van der Waals surface area (Å²) in [6.07, 6.45) is -0.171. The minimum absolute atomic E-state index is 0. The van der Waals surface area contributed by atoms with Crippen molar-refractivity contribution in [3.05, 3.63) is 68.3 Å². The summed E-state index contributed by atoms with van der Waals surface area (Å²) in [6.45, 7) is -0.389. The maximum absolute atomic E-state index is 12.9. The average Bonchev–Trinajstić information content (AvgIpc) is 3.00. The standard InChI is InChI=1S/C20H17Cl3N2O4.H2S/c1-25-16-5-4-13(21)19(23)12(16)8-17(25)20(29)24-15(9-26)11-3-2-10(6-14(11)22)7-18(27)28;/h2-6,8,15,26H,7,9H2,1H3,(H,24,29)(H,27,28);1H2/t15-;/m1./s1. The Balaban J connectivity index is 0.00000320. The number of amides is 1. The van der Waals surface area contributed by atoms with Crippen LogP contribution in [0.2, 0.25) is 15.1 Å². The number of nitrogens with one attached hydrogen (secondary N) is 1. The van der Waals surface area contributed by atoms with Crippen LogP contribution in [0, 0.1) is 0 Å². The van der Waals surface area contributed by atoms with E-state index in [0.717, 1.165) is 5.52 Å². The highest BCUT2D eigenvalue weighted by atomic mass is 35.5. The van der Waals surface area contributed by atoms with Gasteiger partial charge in [0.25, 0.3) is 5.91 Å². The van der Waals surface area contributed by atoms with Gasteiger partial charge in [-0.25, -0.2) is 0 Å². The van der Waals surface area contributed by atoms with E-state index in [1.54, 1.807) is 41.9 Å². The third-order valence-electron chi connectivity index (χ3n) is 4.63. The number of carbonyl (C=O) groups is 2. The van der Waals surface area contributed by atoms with E-state index in [2.05, 4.69) is 5.32 Å². The highest BCUT2D eigenvalue weighted by molar-refractivity contribution is 7.59. The van der Waals surface area contributed by atoms with Crippen LogP contribution in [0.5, 0.6) is 0 Å². The van der Waals surface area contributed by atoms with Gasteiger partial charge in [0.05, 0.1) is 29.1 Å². The molecule has 3 N–H and O–H groups in total. The minimum Gasteiger partial charge on any atom is -0.481 e. The molecule has 1 aromatic heterocycles. The number of hydrogen-bond acceptors (Lipinski definition) is 3. The molecule has 160 valence electrons. The lowest BCUT2D eigenvalue weighted by atomic mass is 10.0. The summed E-state index contributed by atoms with van der Waals surface area (Å²) in [5.74, 6) is -1.41. The fourth-order valence-corrected chi connectivity index (χ4v) is 3.87. The number of rotatable bonds is 6. The van der Waals surface area contributed by atoms with Gasteiger partial charge in [-0.1, -0.05) is 46.9 Å². The Morgan fingerprint density at radius 1 is 1.10 bits per heavy atom. The number of aliphatic hydroxyl groups is 1. The number of aryl methyl sites for hydroxylation is 1. The van der Waals surface area contributed by atoms with Gasteiger partial charge in [0, 0.05) is 23.0 Å². The van der Waals surface area contributed by atoms with E-state index >= 15 is 0 Å². The molecule has 0 bridgehead atoms. The summed E-state index contributed by atoms with van der Waals surface area (Å²) in [6, 6.07) is 8.99. The van der Waals surface area contributed by atoms with Gasteiger partial charge in [0.2, 0.25) is 0 Å². The lowest BCUT2D eigenvalue weighted by molar-refractivity contribution is -0.136. The van der Waals surface area contributed by atoms with E-state index in [-0.39, 0.29) is 31.5 Å². The van der Waals surface area contributed by atoms with Crippen molar-refractivity contribution < 1.29 is 19.8 Å². The van der Waals surface area contributed by atoms with Crippen LogP contribution in [0.25, 0.3) is 10.9 Å². The van der Waals surface area contributed by atoms with Crippen LogP contribution in [0.1, 0.15) is 27.7 Å². The SMILES string of the molecule is Cn1c(C(=O)N[C@H](CO)c2ccc(CC(=O)O)cc2Cl)cc2c(Cl)c(Cl)ccc21.S. The second-order valence-electron chi connectivity index (χ2n) is 6.52. The largest absolute Gasteiger partial charge is 0.481 e. The van der Waals surface area contributed by atoms with Crippen LogP contribution in [-0.4, -0.2) is 33.3 Å². The number of carbonyl (C=O) groups excluding carboxylic acids is 1. The zero-order valence-corrected chi connectivity index (χ0v) is 19.0. The van der Waals surface area contributed by atoms with Gasteiger partial charge in [-0.05, 0) is 35.4 Å². The Kier molecular flexibility index (Phi) is 8.07. The first-order valence-electron chi connectivity index (χ1n) is 8.58. The van der Waals surface area contributed by atoms with Crippen molar-refractivity contribution in [1.29, 1.82) is 0 Å². The summed E-state index contributed by atoms with van der Waals surface area (Å²) in [5.41, 5.74) is 2.08. The maximum Gasteiger partial charge on any atom is 0.307 e. The predicted molar refractivity (Wildman–Crippen MR) is 123 cm³/mol. The van der Waals surface area contributed by atoms with Gasteiger partial charge in [0.1, 0.15) is 5.69 Å². The van der Waals surface area contributed by atoms with Gasteiger partial charge in [-0.15, -0.1) is 0 Å². The fourth-order valence-electron chi connectivity index (χ4n) is 3.16. The Bertz CT molecular complexity index is 1120. The molecule has 30 heavy (non-hydrogen) atoms. The molecule has 0 saturated heterocycles. The number of benzene rings is 2. The Morgan fingerprint density at radius 2 is 1.80 bits per heavy atom. The molecular weight excluding hydrogens is 471 g/mol. The third kappa shape index (κ3) is 4.87. The first kappa shape index (κ1) is 24.4. The molecule has 1 heterocycles. The molecule has 0 spiro atoms. The second kappa shape index (κ2) is 9.94. The molecule has 0 unspecified atom stereocenters. The minimum atomic E-state index is -0.977. The third-order valence-corrected chi connectivity index (χ3v) is 5.78. The highest BCUT2D eigenvalue weighted by Crippen LogP contribution is 2.33. The summed E-state index contributed by atoms with van der Waals surface area (Å²) in [7, 11) is 1.73. The van der Waals surface area contributed by atoms with Crippen molar-refractivity contribution in [1.82, 2.24) is 9.88 Å². The number of hydrogen-bond donors (Lipinski definition) is 3. The molecule has 0 saturated carbocycles. The van der Waals surface area contributed by atoms with Crippen LogP contribution in [0.4, 0.5) is 0 Å². The van der Waals surface area contributed by atoms with E-state index in [0.29, 0.717) is 32.3 Å². The van der Waals surface area contributed by atoms with Crippen molar-refractivity contribution in [2.45, 2.75) is 12.5 Å². The van der Waals surface area contributed by atoms with Crippen molar-refractivity contribution in [2.75, 3.05) is 6.61 Å². The number of aromatic nitrogens is 1. The Labute approximate surface area is 194 Å². The van der Waals surface area contributed by atoms with E-state index in [1.807, 2.05) is 0 Å². The molecule has 0 aliphatic heterocycles. The summed E-state index contributed by atoms with van der Waals surface area (Å²) in [5, 5.41) is 23.1. The average molecular weight is 490 g/mol. The quantitative estimate of drug-likeness (QED) is 0.480. The smallest absolute Gasteiger partial charge is 0.307 e. The van der Waals surface area contributed by atoms with Crippen LogP contribution >= 0.6 is 48.3 Å². The summed E-state index contributed by atoms with van der Waals surface area (Å²) < 4.78 is 1.68. The highest BCUT2D eigenvalue weighted by Gasteiger charge is 2.21. The number of aliphatic carboxylic acids is 1. The van der Waals surface area contributed by atoms with Gasteiger partial charge >= 0.3 is 5.97 Å². The molecule has 0 aliphatic rings. The summed E-state index contributed by atoms with van der Waals surface area (Å²) in [4.78, 5) is 23.7. The Morgan fingerprint density at radius 3 is 2.40 bits per heavy atom. The first-order chi connectivity index (χ1) is 13.7. The van der Waals surface area contributed by atoms with Crippen molar-refractivity contribution in [2.24, 2.45) is 7.05 Å². The van der Waals surface area contributed by atoms with E-state index in [9.17, 15) is 14.7 Å². The number of carboxylic acid groups (broad SMARTS) is 1. The molecule has 0 fully saturated rings. The molecule has 0 radical (unpaired) electrons. The van der Waals surface area contributed by atoms with Crippen molar-refractivity contribution in [3.8, 4) is 0 Å². The topological polar surface area (TPSA) is 91.6 Å². The number of nitrogens with zero attached hydrogens (tertiary/aromatic N) is 1. The number of aliphatic hydroxyl groups excluding tert-OH is 1. The van der Waals surface area contributed by atoms with Crippen LogP contribution in [0.15, 0.2) is 36.4 Å². The molecule has 1 amide bonds. The first-order valence-corrected chi connectivity index (χ1v) is 9.71.